The molecule has 0 aromatic heterocycles. The standard InChI is InChI=1S/C12H14FNO2/c1-14(2)7-6-12(15)10-5-4-9(16-3)8-11(10)13/h4-8H,1-3H3. The van der Waals surface area contributed by atoms with Crippen LogP contribution >= 0.6 is 0 Å². The van der Waals surface area contributed by atoms with Gasteiger partial charge in [-0.25, -0.2) is 4.39 Å². The highest BCUT2D eigenvalue weighted by Gasteiger charge is 2.09. The first-order valence-corrected chi connectivity index (χ1v) is 4.77. The molecule has 4 heteroatoms. The summed E-state index contributed by atoms with van der Waals surface area (Å²) in [5, 5.41) is 0. The quantitative estimate of drug-likeness (QED) is 0.578. The van der Waals surface area contributed by atoms with E-state index >= 15 is 0 Å². The first-order valence-electron chi connectivity index (χ1n) is 4.77. The third-order valence-corrected chi connectivity index (χ3v) is 1.97. The van der Waals surface area contributed by atoms with Gasteiger partial charge in [-0.05, 0) is 12.1 Å². The lowest BCUT2D eigenvalue weighted by molar-refractivity contribution is 0.104. The summed E-state index contributed by atoms with van der Waals surface area (Å²) in [6.45, 7) is 0. The number of nitrogens with zero attached hydrogens (tertiary/aromatic N) is 1. The Kier molecular flexibility index (Phi) is 4.05. The third kappa shape index (κ3) is 3.08. The molecule has 0 saturated carbocycles. The van der Waals surface area contributed by atoms with E-state index in [4.69, 9.17) is 4.74 Å². The topological polar surface area (TPSA) is 29.5 Å². The molecule has 3 nitrogen and oxygen atoms in total. The average molecular weight is 223 g/mol. The molecule has 0 aliphatic rings. The van der Waals surface area contributed by atoms with Gasteiger partial charge in [0.2, 0.25) is 0 Å². The van der Waals surface area contributed by atoms with Gasteiger partial charge in [0, 0.05) is 32.4 Å². The van der Waals surface area contributed by atoms with E-state index < -0.39 is 5.82 Å². The van der Waals surface area contributed by atoms with Crippen molar-refractivity contribution in [2.75, 3.05) is 21.2 Å². The lowest BCUT2D eigenvalue weighted by atomic mass is 10.1. The van der Waals surface area contributed by atoms with Crippen molar-refractivity contribution in [3.63, 3.8) is 0 Å². The van der Waals surface area contributed by atoms with Gasteiger partial charge >= 0.3 is 0 Å². The van der Waals surface area contributed by atoms with Crippen LogP contribution in [-0.2, 0) is 0 Å². The summed E-state index contributed by atoms with van der Waals surface area (Å²) in [4.78, 5) is 13.3. The number of ketones is 1. The van der Waals surface area contributed by atoms with Crippen LogP contribution in [0.3, 0.4) is 0 Å². The molecule has 0 amide bonds. The molecule has 86 valence electrons. The number of halogens is 1. The van der Waals surface area contributed by atoms with Crippen LogP contribution in [0.2, 0.25) is 0 Å². The van der Waals surface area contributed by atoms with Gasteiger partial charge in [-0.2, -0.15) is 0 Å². The lowest BCUT2D eigenvalue weighted by Gasteiger charge is -2.04. The number of rotatable bonds is 4. The van der Waals surface area contributed by atoms with Crippen LogP contribution in [0.1, 0.15) is 10.4 Å². The van der Waals surface area contributed by atoms with Crippen LogP contribution in [0.25, 0.3) is 0 Å². The molecule has 0 aliphatic heterocycles. The SMILES string of the molecule is COc1ccc(C(=O)C=CN(C)C)c(F)c1. The van der Waals surface area contributed by atoms with Crippen LogP contribution in [0.15, 0.2) is 30.5 Å². The van der Waals surface area contributed by atoms with Gasteiger partial charge in [0.1, 0.15) is 11.6 Å². The number of hydrogen-bond acceptors (Lipinski definition) is 3. The molecule has 0 radical (unpaired) electrons. The van der Waals surface area contributed by atoms with Crippen LogP contribution in [0.5, 0.6) is 5.75 Å². The van der Waals surface area contributed by atoms with Crippen molar-refractivity contribution in [1.82, 2.24) is 4.90 Å². The third-order valence-electron chi connectivity index (χ3n) is 1.97. The van der Waals surface area contributed by atoms with E-state index in [-0.39, 0.29) is 11.3 Å². The number of carbonyl (C=O) groups excluding carboxylic acids is 1. The molecule has 0 heterocycles. The number of hydrogen-bond donors (Lipinski definition) is 0. The van der Waals surface area contributed by atoms with E-state index in [1.54, 1.807) is 31.3 Å². The molecule has 1 rings (SSSR count). The summed E-state index contributed by atoms with van der Waals surface area (Å²) in [5.74, 6) is -0.549. The molecule has 0 N–H and O–H groups in total. The number of ether oxygens (including phenoxy) is 1. The Balaban J connectivity index is 2.92. The van der Waals surface area contributed by atoms with E-state index in [0.29, 0.717) is 5.75 Å². The minimum absolute atomic E-state index is 0.0406. The van der Waals surface area contributed by atoms with Gasteiger partial charge in [-0.15, -0.1) is 0 Å². The molecule has 0 fully saturated rings. The fraction of sp³-hybridized carbons (Fsp3) is 0.250. The van der Waals surface area contributed by atoms with Gasteiger partial charge in [0.05, 0.1) is 12.7 Å². The van der Waals surface area contributed by atoms with Crippen LogP contribution in [-0.4, -0.2) is 31.9 Å². The molecule has 0 saturated heterocycles. The second-order valence-electron chi connectivity index (χ2n) is 3.49. The summed E-state index contributed by atoms with van der Waals surface area (Å²) < 4.78 is 18.3. The number of allylic oxidation sites excluding steroid dienone is 1. The molecule has 0 aliphatic carbocycles. The van der Waals surface area contributed by atoms with Crippen molar-refractivity contribution >= 4 is 5.78 Å². The summed E-state index contributed by atoms with van der Waals surface area (Å²) >= 11 is 0. The van der Waals surface area contributed by atoms with E-state index in [1.165, 1.54) is 25.3 Å². The minimum atomic E-state index is -0.576. The Bertz CT molecular complexity index is 413. The Morgan fingerprint density at radius 3 is 2.62 bits per heavy atom. The Morgan fingerprint density at radius 1 is 1.44 bits per heavy atom. The van der Waals surface area contributed by atoms with Crippen LogP contribution < -0.4 is 4.74 Å². The van der Waals surface area contributed by atoms with Crippen molar-refractivity contribution in [3.8, 4) is 5.75 Å². The van der Waals surface area contributed by atoms with E-state index in [9.17, 15) is 9.18 Å². The van der Waals surface area contributed by atoms with Gasteiger partial charge in [-0.1, -0.05) is 0 Å². The number of carbonyl (C=O) groups is 1. The van der Waals surface area contributed by atoms with Gasteiger partial charge < -0.3 is 9.64 Å². The predicted octanol–water partition coefficient (Wildman–Crippen LogP) is 2.09. The molecule has 0 bridgehead atoms. The predicted molar refractivity (Wildman–Crippen MR) is 60.1 cm³/mol. The van der Waals surface area contributed by atoms with Crippen molar-refractivity contribution in [1.29, 1.82) is 0 Å². The lowest BCUT2D eigenvalue weighted by Crippen LogP contribution is -2.04. The van der Waals surface area contributed by atoms with Gasteiger partial charge in [-0.3, -0.25) is 4.79 Å². The maximum absolute atomic E-state index is 13.5. The van der Waals surface area contributed by atoms with Crippen LogP contribution in [0.4, 0.5) is 4.39 Å². The molecule has 0 spiro atoms. The van der Waals surface area contributed by atoms with E-state index in [1.807, 2.05) is 0 Å². The Hall–Kier alpha value is -1.84. The minimum Gasteiger partial charge on any atom is -0.497 e. The zero-order valence-electron chi connectivity index (χ0n) is 9.53. The maximum atomic E-state index is 13.5. The van der Waals surface area contributed by atoms with Crippen LogP contribution in [0, 0.1) is 5.82 Å². The van der Waals surface area contributed by atoms with Gasteiger partial charge in [0.25, 0.3) is 0 Å². The molecule has 1 aromatic carbocycles. The monoisotopic (exact) mass is 223 g/mol. The molecular weight excluding hydrogens is 209 g/mol. The largest absolute Gasteiger partial charge is 0.497 e. The van der Waals surface area contributed by atoms with E-state index in [2.05, 4.69) is 0 Å². The Morgan fingerprint density at radius 2 is 2.12 bits per heavy atom. The smallest absolute Gasteiger partial charge is 0.190 e. The average Bonchev–Trinajstić information content (AvgIpc) is 2.25. The zero-order chi connectivity index (χ0) is 12.1. The van der Waals surface area contributed by atoms with Crippen molar-refractivity contribution in [3.05, 3.63) is 41.9 Å². The van der Waals surface area contributed by atoms with Gasteiger partial charge in [0.15, 0.2) is 5.78 Å². The summed E-state index contributed by atoms with van der Waals surface area (Å²) in [5.41, 5.74) is 0.0406. The highest BCUT2D eigenvalue weighted by molar-refractivity contribution is 6.04. The zero-order valence-corrected chi connectivity index (χ0v) is 9.53. The summed E-state index contributed by atoms with van der Waals surface area (Å²) in [6, 6.07) is 4.16. The Labute approximate surface area is 94.1 Å². The summed E-state index contributed by atoms with van der Waals surface area (Å²) in [7, 11) is 5.02. The van der Waals surface area contributed by atoms with Crippen molar-refractivity contribution < 1.29 is 13.9 Å². The highest BCUT2D eigenvalue weighted by Crippen LogP contribution is 2.16. The van der Waals surface area contributed by atoms with E-state index in [0.717, 1.165) is 0 Å². The summed E-state index contributed by atoms with van der Waals surface area (Å²) in [6.07, 6.45) is 2.90. The second kappa shape index (κ2) is 5.30. The maximum Gasteiger partial charge on any atom is 0.190 e. The first kappa shape index (κ1) is 12.2. The van der Waals surface area contributed by atoms with Crippen molar-refractivity contribution in [2.24, 2.45) is 0 Å². The highest BCUT2D eigenvalue weighted by atomic mass is 19.1. The normalized spacial score (nSPS) is 10.5. The second-order valence-corrected chi connectivity index (χ2v) is 3.49. The molecular formula is C12H14FNO2. The molecule has 0 atom stereocenters. The number of benzene rings is 1. The number of methoxy groups -OCH3 is 1. The molecule has 0 unspecified atom stereocenters. The van der Waals surface area contributed by atoms with Crippen molar-refractivity contribution in [2.45, 2.75) is 0 Å². The fourth-order valence-corrected chi connectivity index (χ4v) is 1.13. The molecule has 1 aromatic rings. The fourth-order valence-electron chi connectivity index (χ4n) is 1.13. The molecule has 16 heavy (non-hydrogen) atoms. The first-order chi connectivity index (χ1) is 7.54.